The summed E-state index contributed by atoms with van der Waals surface area (Å²) in [6.07, 6.45) is 5.77. The molecule has 0 aromatic heterocycles. The van der Waals surface area contributed by atoms with Gasteiger partial charge in [-0.1, -0.05) is 34.6 Å². The molecule has 0 aromatic carbocycles. The molecule has 0 amide bonds. The predicted molar refractivity (Wildman–Crippen MR) is 177 cm³/mol. The molecular formula is C38H61NO9. The van der Waals surface area contributed by atoms with E-state index in [0.717, 1.165) is 32.1 Å². The molecule has 5 saturated carbocycles. The fraction of sp³-hybridized carbons (Fsp3) is 0.947. The molecule has 7 aliphatic rings. The Morgan fingerprint density at radius 2 is 1.73 bits per heavy atom. The highest BCUT2D eigenvalue weighted by molar-refractivity contribution is 5.69. The minimum atomic E-state index is -1.27. The normalized spacial score (nSPS) is 50.2. The lowest BCUT2D eigenvalue weighted by Crippen LogP contribution is -2.60. The van der Waals surface area contributed by atoms with E-state index in [4.69, 9.17) is 18.9 Å². The number of hydrogen-bond donors (Lipinski definition) is 3. The van der Waals surface area contributed by atoms with Crippen molar-refractivity contribution in [1.29, 1.82) is 0 Å². The van der Waals surface area contributed by atoms with Crippen LogP contribution >= 0.6 is 0 Å². The van der Waals surface area contributed by atoms with Gasteiger partial charge in [0.1, 0.15) is 0 Å². The maximum Gasteiger partial charge on any atom is 0.317 e. The summed E-state index contributed by atoms with van der Waals surface area (Å²) in [7, 11) is 0. The Morgan fingerprint density at radius 1 is 1.04 bits per heavy atom. The predicted octanol–water partition coefficient (Wildman–Crippen LogP) is 4.63. The van der Waals surface area contributed by atoms with Crippen molar-refractivity contribution < 1.29 is 43.9 Å². The molecule has 7 rings (SSSR count). The van der Waals surface area contributed by atoms with Gasteiger partial charge in [0.2, 0.25) is 0 Å². The van der Waals surface area contributed by atoms with E-state index in [1.807, 2.05) is 4.90 Å². The molecule has 2 saturated heterocycles. The zero-order valence-corrected chi connectivity index (χ0v) is 30.5. The average molecular weight is 676 g/mol. The second kappa shape index (κ2) is 11.3. The SMILES string of the molecule is CC(=O)O[C@@H]([C@H]1CC(C)C2[C@H](O1)[C@H](O)[C@@]1(C)[C@@H]3CC[C@H]4C(C)(C)[C@@H](O[C@H]5CN(CC(=O)O)CCO5)CC[C@@]45C[C@@]35CC[C@]21C)C(C)(C)O. The lowest BCUT2D eigenvalue weighted by molar-refractivity contribution is -0.248. The number of rotatable bonds is 7. The van der Waals surface area contributed by atoms with Crippen LogP contribution in [0.1, 0.15) is 107 Å². The summed E-state index contributed by atoms with van der Waals surface area (Å²) >= 11 is 0. The van der Waals surface area contributed by atoms with Gasteiger partial charge in [-0.15, -0.1) is 0 Å². The number of nitrogens with zero attached hydrogens (tertiary/aromatic N) is 1. The van der Waals surface area contributed by atoms with Crippen molar-refractivity contribution in [3.63, 3.8) is 0 Å². The number of aliphatic carboxylic acids is 1. The Hall–Kier alpha value is -1.30. The van der Waals surface area contributed by atoms with Crippen LogP contribution in [0.5, 0.6) is 0 Å². The van der Waals surface area contributed by atoms with Crippen LogP contribution in [-0.4, -0.2) is 101 Å². The molecular weight excluding hydrogens is 614 g/mol. The highest BCUT2D eigenvalue weighted by Crippen LogP contribution is 2.89. The van der Waals surface area contributed by atoms with E-state index in [9.17, 15) is 24.9 Å². The largest absolute Gasteiger partial charge is 0.480 e. The number of aliphatic hydroxyl groups is 2. The quantitative estimate of drug-likeness (QED) is 0.328. The lowest BCUT2D eigenvalue weighted by Gasteiger charge is -2.64. The summed E-state index contributed by atoms with van der Waals surface area (Å²) in [5.41, 5.74) is -1.28. The summed E-state index contributed by atoms with van der Waals surface area (Å²) in [5, 5.41) is 32.9. The van der Waals surface area contributed by atoms with Crippen LogP contribution in [0.15, 0.2) is 0 Å². The Kier molecular flexibility index (Phi) is 8.30. The van der Waals surface area contributed by atoms with Crippen LogP contribution < -0.4 is 0 Å². The fourth-order valence-electron chi connectivity index (χ4n) is 13.9. The molecule has 3 N–H and O–H groups in total. The topological polar surface area (TPSA) is 135 Å². The van der Waals surface area contributed by atoms with Crippen molar-refractivity contribution in [3.05, 3.63) is 0 Å². The first-order chi connectivity index (χ1) is 22.3. The van der Waals surface area contributed by atoms with E-state index >= 15 is 0 Å². The molecule has 2 unspecified atom stereocenters. The van der Waals surface area contributed by atoms with Crippen molar-refractivity contribution in [3.8, 4) is 0 Å². The van der Waals surface area contributed by atoms with Gasteiger partial charge in [-0.05, 0) is 111 Å². The van der Waals surface area contributed by atoms with E-state index < -0.39 is 42.1 Å². The molecule has 0 bridgehead atoms. The van der Waals surface area contributed by atoms with Gasteiger partial charge in [0.25, 0.3) is 0 Å². The summed E-state index contributed by atoms with van der Waals surface area (Å²) in [4.78, 5) is 25.3. The molecule has 2 aliphatic heterocycles. The highest BCUT2D eigenvalue weighted by Gasteiger charge is 2.84. The van der Waals surface area contributed by atoms with Crippen LogP contribution in [0.25, 0.3) is 0 Å². The number of hydrogen-bond acceptors (Lipinski definition) is 9. The van der Waals surface area contributed by atoms with Gasteiger partial charge >= 0.3 is 11.9 Å². The number of morpholine rings is 1. The van der Waals surface area contributed by atoms with Crippen LogP contribution in [0.3, 0.4) is 0 Å². The number of carboxylic acids is 1. The molecule has 2 heterocycles. The molecule has 48 heavy (non-hydrogen) atoms. The van der Waals surface area contributed by atoms with Gasteiger partial charge in [0.15, 0.2) is 12.4 Å². The number of aliphatic hydroxyl groups excluding tert-OH is 1. The molecule has 5 aliphatic carbocycles. The standard InChI is InChI=1S/C38H61NO9/c1-21-17-23(32(34(5,6)44)46-22(2)40)47-30-29(21)35(7)13-14-38-20-37(38)12-11-26(48-28-19-39(15-16-45-28)18-27(41)42)33(3,4)24(37)9-10-25(38)36(35,8)31(30)43/h21,23-26,28-32,43-44H,9-20H2,1-8H3,(H,41,42)/t21?,23-,24+,25+,26+,28+,29?,30+,31+,32+,35-,36-,37-,38+/m1/s1. The van der Waals surface area contributed by atoms with Gasteiger partial charge < -0.3 is 34.3 Å². The monoisotopic (exact) mass is 675 g/mol. The molecule has 10 heteroatoms. The van der Waals surface area contributed by atoms with E-state index in [1.54, 1.807) is 13.8 Å². The summed E-state index contributed by atoms with van der Waals surface area (Å²) in [6, 6.07) is 0. The first-order valence-corrected chi connectivity index (χ1v) is 18.8. The minimum Gasteiger partial charge on any atom is -0.480 e. The van der Waals surface area contributed by atoms with Crippen molar-refractivity contribution in [2.24, 2.45) is 50.7 Å². The first kappa shape index (κ1) is 35.1. The third kappa shape index (κ3) is 4.85. The molecule has 272 valence electrons. The Balaban J connectivity index is 1.12. The van der Waals surface area contributed by atoms with Crippen LogP contribution in [-0.2, 0) is 28.5 Å². The number of carbonyl (C=O) groups excluding carboxylic acids is 1. The molecule has 0 radical (unpaired) electrons. The number of fused-ring (bicyclic) bond motifs is 4. The zero-order chi connectivity index (χ0) is 34.8. The lowest BCUT2D eigenvalue weighted by atomic mass is 9.41. The van der Waals surface area contributed by atoms with Gasteiger partial charge in [0.05, 0.1) is 49.7 Å². The van der Waals surface area contributed by atoms with E-state index in [1.165, 1.54) is 19.8 Å². The Bertz CT molecular complexity index is 1300. The third-order valence-corrected chi connectivity index (χ3v) is 15.9. The molecule has 14 atom stereocenters. The number of carbonyl (C=O) groups is 2. The van der Waals surface area contributed by atoms with E-state index in [-0.39, 0.29) is 57.7 Å². The highest BCUT2D eigenvalue weighted by atomic mass is 16.7. The van der Waals surface area contributed by atoms with Crippen LogP contribution in [0, 0.1) is 50.7 Å². The third-order valence-electron chi connectivity index (χ3n) is 15.9. The summed E-state index contributed by atoms with van der Waals surface area (Å²) in [6.45, 7) is 18.1. The van der Waals surface area contributed by atoms with Gasteiger partial charge in [-0.25, -0.2) is 0 Å². The van der Waals surface area contributed by atoms with Crippen LogP contribution in [0.2, 0.25) is 0 Å². The molecule has 10 nitrogen and oxygen atoms in total. The molecule has 7 fully saturated rings. The van der Waals surface area contributed by atoms with Crippen molar-refractivity contribution in [2.45, 2.75) is 149 Å². The van der Waals surface area contributed by atoms with Gasteiger partial charge in [-0.3, -0.25) is 14.5 Å². The minimum absolute atomic E-state index is 0.00878. The van der Waals surface area contributed by atoms with Gasteiger partial charge in [-0.2, -0.15) is 0 Å². The first-order valence-electron chi connectivity index (χ1n) is 18.8. The number of ether oxygens (including phenoxy) is 4. The molecule has 2 spiro atoms. The summed E-state index contributed by atoms with van der Waals surface area (Å²) in [5.74, 6) is 0.0872. The van der Waals surface area contributed by atoms with Crippen LogP contribution in [0.4, 0.5) is 0 Å². The maximum absolute atomic E-state index is 12.5. The molecule has 0 aromatic rings. The van der Waals surface area contributed by atoms with Crippen molar-refractivity contribution in [1.82, 2.24) is 4.90 Å². The summed E-state index contributed by atoms with van der Waals surface area (Å²) < 4.78 is 25.2. The van der Waals surface area contributed by atoms with Gasteiger partial charge in [0, 0.05) is 18.9 Å². The Labute approximate surface area is 286 Å². The number of esters is 1. The van der Waals surface area contributed by atoms with E-state index in [0.29, 0.717) is 38.0 Å². The zero-order valence-electron chi connectivity index (χ0n) is 30.5. The number of carboxylic acid groups (broad SMARTS) is 1. The van der Waals surface area contributed by atoms with Crippen molar-refractivity contribution in [2.75, 3.05) is 26.2 Å². The second-order valence-corrected chi connectivity index (χ2v) is 18.8. The Morgan fingerprint density at radius 3 is 2.40 bits per heavy atom. The van der Waals surface area contributed by atoms with E-state index in [2.05, 4.69) is 34.6 Å². The average Bonchev–Trinajstić information content (AvgIpc) is 3.61. The fourth-order valence-corrected chi connectivity index (χ4v) is 13.9. The second-order valence-electron chi connectivity index (χ2n) is 18.8. The van der Waals surface area contributed by atoms with Crippen molar-refractivity contribution >= 4 is 11.9 Å². The smallest absolute Gasteiger partial charge is 0.317 e. The maximum atomic E-state index is 12.5.